The van der Waals surface area contributed by atoms with Gasteiger partial charge in [0, 0.05) is 11.7 Å². The van der Waals surface area contributed by atoms with Gasteiger partial charge in [-0.25, -0.2) is 8.42 Å². The van der Waals surface area contributed by atoms with E-state index in [2.05, 4.69) is 5.10 Å². The van der Waals surface area contributed by atoms with Crippen LogP contribution < -0.4 is 0 Å². The predicted molar refractivity (Wildman–Crippen MR) is 68.9 cm³/mol. The Hall–Kier alpha value is -0.880. The monoisotopic (exact) mass is 290 g/mol. The molecule has 0 spiro atoms. The maximum absolute atomic E-state index is 11.4. The number of nitrogens with zero attached hydrogens (tertiary/aromatic N) is 2. The first-order valence-electron chi connectivity index (χ1n) is 5.90. The SMILES string of the molecule is CCS(=O)(=O)CCn1nc(C2CC2)c(C=O)c1Cl. The van der Waals surface area contributed by atoms with Crippen molar-refractivity contribution in [3.05, 3.63) is 16.4 Å². The molecule has 0 unspecified atom stereocenters. The molecule has 7 heteroatoms. The maximum Gasteiger partial charge on any atom is 0.155 e. The highest BCUT2D eigenvalue weighted by Gasteiger charge is 2.31. The summed E-state index contributed by atoms with van der Waals surface area (Å²) >= 11 is 6.05. The molecule has 18 heavy (non-hydrogen) atoms. The summed E-state index contributed by atoms with van der Waals surface area (Å²) in [6, 6.07) is 0. The molecule has 0 atom stereocenters. The number of hydrogen-bond acceptors (Lipinski definition) is 4. The van der Waals surface area contributed by atoms with Crippen molar-refractivity contribution in [3.8, 4) is 0 Å². The van der Waals surface area contributed by atoms with Gasteiger partial charge >= 0.3 is 0 Å². The van der Waals surface area contributed by atoms with Crippen molar-refractivity contribution in [2.75, 3.05) is 11.5 Å². The minimum Gasteiger partial charge on any atom is -0.298 e. The smallest absolute Gasteiger partial charge is 0.155 e. The lowest BCUT2D eigenvalue weighted by Crippen LogP contribution is -2.15. The van der Waals surface area contributed by atoms with E-state index in [9.17, 15) is 13.2 Å². The molecule has 1 aliphatic carbocycles. The van der Waals surface area contributed by atoms with Crippen LogP contribution in [0.2, 0.25) is 5.15 Å². The zero-order chi connectivity index (χ0) is 13.3. The van der Waals surface area contributed by atoms with Crippen molar-refractivity contribution < 1.29 is 13.2 Å². The topological polar surface area (TPSA) is 69.0 Å². The van der Waals surface area contributed by atoms with E-state index in [0.717, 1.165) is 12.8 Å². The Morgan fingerprint density at radius 2 is 2.17 bits per heavy atom. The number of halogens is 1. The number of carbonyl (C=O) groups excluding carboxylic acids is 1. The number of rotatable bonds is 6. The van der Waals surface area contributed by atoms with Gasteiger partial charge in [0.15, 0.2) is 16.1 Å². The van der Waals surface area contributed by atoms with Gasteiger partial charge in [0.1, 0.15) is 5.15 Å². The fourth-order valence-electron chi connectivity index (χ4n) is 1.76. The lowest BCUT2D eigenvalue weighted by atomic mass is 10.2. The van der Waals surface area contributed by atoms with E-state index in [1.54, 1.807) is 6.92 Å². The lowest BCUT2D eigenvalue weighted by molar-refractivity contribution is 0.112. The molecule has 2 rings (SSSR count). The van der Waals surface area contributed by atoms with E-state index in [4.69, 9.17) is 11.6 Å². The fraction of sp³-hybridized carbons (Fsp3) is 0.636. The van der Waals surface area contributed by atoms with Crippen molar-refractivity contribution in [1.82, 2.24) is 9.78 Å². The van der Waals surface area contributed by atoms with Crippen molar-refractivity contribution in [2.24, 2.45) is 0 Å². The summed E-state index contributed by atoms with van der Waals surface area (Å²) < 4.78 is 24.3. The van der Waals surface area contributed by atoms with Crippen molar-refractivity contribution in [2.45, 2.75) is 32.2 Å². The Morgan fingerprint density at radius 3 is 2.67 bits per heavy atom. The Balaban J connectivity index is 2.21. The highest BCUT2D eigenvalue weighted by molar-refractivity contribution is 7.91. The molecule has 1 fully saturated rings. The first-order valence-corrected chi connectivity index (χ1v) is 8.10. The van der Waals surface area contributed by atoms with Crippen LogP contribution in [0.4, 0.5) is 0 Å². The van der Waals surface area contributed by atoms with Gasteiger partial charge in [-0.2, -0.15) is 5.10 Å². The molecule has 0 aliphatic heterocycles. The number of sulfone groups is 1. The van der Waals surface area contributed by atoms with Crippen LogP contribution in [0.5, 0.6) is 0 Å². The van der Waals surface area contributed by atoms with Crippen LogP contribution in [0, 0.1) is 0 Å². The lowest BCUT2D eigenvalue weighted by Gasteiger charge is -2.03. The number of hydrogen-bond donors (Lipinski definition) is 0. The third-order valence-corrected chi connectivity index (χ3v) is 5.17. The first-order chi connectivity index (χ1) is 8.48. The largest absolute Gasteiger partial charge is 0.298 e. The van der Waals surface area contributed by atoms with Crippen LogP contribution in [-0.4, -0.2) is 36.0 Å². The van der Waals surface area contributed by atoms with Crippen LogP contribution in [0.25, 0.3) is 0 Å². The molecule has 0 N–H and O–H groups in total. The molecule has 0 saturated heterocycles. The molecule has 1 aromatic rings. The van der Waals surface area contributed by atoms with Crippen LogP contribution in [0.3, 0.4) is 0 Å². The normalized spacial score (nSPS) is 15.9. The summed E-state index contributed by atoms with van der Waals surface area (Å²) in [6.45, 7) is 1.80. The summed E-state index contributed by atoms with van der Waals surface area (Å²) in [7, 11) is -3.06. The quantitative estimate of drug-likeness (QED) is 0.747. The molecule has 1 aliphatic rings. The third kappa shape index (κ3) is 2.75. The molecule has 100 valence electrons. The summed E-state index contributed by atoms with van der Waals surface area (Å²) in [4.78, 5) is 11.0. The van der Waals surface area contributed by atoms with Gasteiger partial charge in [-0.15, -0.1) is 0 Å². The maximum atomic E-state index is 11.4. The van der Waals surface area contributed by atoms with E-state index in [1.807, 2.05) is 0 Å². The van der Waals surface area contributed by atoms with Gasteiger partial charge < -0.3 is 0 Å². The minimum absolute atomic E-state index is 0.00664. The van der Waals surface area contributed by atoms with Gasteiger partial charge in [0.2, 0.25) is 0 Å². The molecule has 0 amide bonds. The minimum atomic E-state index is -3.06. The second-order valence-electron chi connectivity index (χ2n) is 4.44. The summed E-state index contributed by atoms with van der Waals surface area (Å²) in [5, 5.41) is 4.52. The molecule has 0 bridgehead atoms. The zero-order valence-corrected chi connectivity index (χ0v) is 11.7. The zero-order valence-electron chi connectivity index (χ0n) is 10.1. The van der Waals surface area contributed by atoms with E-state index in [-0.39, 0.29) is 23.2 Å². The van der Waals surface area contributed by atoms with Gasteiger partial charge in [-0.3, -0.25) is 9.48 Å². The summed E-state index contributed by atoms with van der Waals surface area (Å²) in [5.74, 6) is 0.404. The number of aldehydes is 1. The van der Waals surface area contributed by atoms with E-state index in [1.165, 1.54) is 4.68 Å². The van der Waals surface area contributed by atoms with Crippen LogP contribution >= 0.6 is 11.6 Å². The fourth-order valence-corrected chi connectivity index (χ4v) is 2.76. The third-order valence-electron chi connectivity index (χ3n) is 3.09. The first kappa shape index (κ1) is 13.5. The average Bonchev–Trinajstić information content (AvgIpc) is 3.12. The standard InChI is InChI=1S/C11H15ClN2O3S/c1-2-18(16,17)6-5-14-11(12)9(7-15)10(13-14)8-3-4-8/h7-8H,2-6H2,1H3. The van der Waals surface area contributed by atoms with Gasteiger partial charge in [-0.05, 0) is 12.8 Å². The average molecular weight is 291 g/mol. The Kier molecular flexibility index (Phi) is 3.77. The Labute approximate surface area is 111 Å². The van der Waals surface area contributed by atoms with Gasteiger partial charge in [0.25, 0.3) is 0 Å². The molecule has 1 aromatic heterocycles. The van der Waals surface area contributed by atoms with Crippen LogP contribution in [0.1, 0.15) is 41.7 Å². The molecular weight excluding hydrogens is 276 g/mol. The van der Waals surface area contributed by atoms with Gasteiger partial charge in [-0.1, -0.05) is 18.5 Å². The van der Waals surface area contributed by atoms with Crippen LogP contribution in [0.15, 0.2) is 0 Å². The predicted octanol–water partition coefficient (Wildman–Crippen LogP) is 1.66. The Bertz CT molecular complexity index is 561. The molecular formula is C11H15ClN2O3S. The van der Waals surface area contributed by atoms with Crippen molar-refractivity contribution in [3.63, 3.8) is 0 Å². The molecule has 1 heterocycles. The second kappa shape index (κ2) is 5.01. The van der Waals surface area contributed by atoms with Crippen molar-refractivity contribution >= 4 is 27.7 Å². The van der Waals surface area contributed by atoms with E-state index >= 15 is 0 Å². The molecule has 0 aromatic carbocycles. The van der Waals surface area contributed by atoms with Crippen LogP contribution in [-0.2, 0) is 16.4 Å². The van der Waals surface area contributed by atoms with E-state index < -0.39 is 9.84 Å². The summed E-state index contributed by atoms with van der Waals surface area (Å²) in [6.07, 6.45) is 2.73. The molecule has 0 radical (unpaired) electrons. The Morgan fingerprint density at radius 1 is 1.50 bits per heavy atom. The number of carbonyl (C=O) groups is 1. The van der Waals surface area contributed by atoms with Gasteiger partial charge in [0.05, 0.1) is 23.6 Å². The highest BCUT2D eigenvalue weighted by Crippen LogP contribution is 2.42. The highest BCUT2D eigenvalue weighted by atomic mass is 35.5. The summed E-state index contributed by atoms with van der Waals surface area (Å²) in [5.41, 5.74) is 1.12. The number of aryl methyl sites for hydroxylation is 1. The molecule has 5 nitrogen and oxygen atoms in total. The van der Waals surface area contributed by atoms with Crippen molar-refractivity contribution in [1.29, 1.82) is 0 Å². The number of aromatic nitrogens is 2. The van der Waals surface area contributed by atoms with E-state index in [0.29, 0.717) is 23.5 Å². The second-order valence-corrected chi connectivity index (χ2v) is 7.27. The molecule has 1 saturated carbocycles.